The van der Waals surface area contributed by atoms with Crippen LogP contribution in [0.2, 0.25) is 0 Å². The molecular formula is C25H25N3O4S2. The molecule has 3 amide bonds. The second-order valence-corrected chi connectivity index (χ2v) is 10.7. The van der Waals surface area contributed by atoms with Gasteiger partial charge in [0.25, 0.3) is 0 Å². The quantitative estimate of drug-likeness (QED) is 0.285. The molecule has 1 aromatic heterocycles. The number of carbonyl (C=O) groups excluding carboxylic acids is 3. The first-order valence-electron chi connectivity index (χ1n) is 11.5. The van der Waals surface area contributed by atoms with Gasteiger partial charge in [0.1, 0.15) is 12.4 Å². The van der Waals surface area contributed by atoms with Gasteiger partial charge in [0.05, 0.1) is 40.0 Å². The van der Waals surface area contributed by atoms with Crippen molar-refractivity contribution in [2.45, 2.75) is 30.0 Å². The first-order chi connectivity index (χ1) is 16.6. The van der Waals surface area contributed by atoms with E-state index in [0.717, 1.165) is 46.0 Å². The molecule has 1 aliphatic carbocycles. The number of thiazole rings is 1. The highest BCUT2D eigenvalue weighted by atomic mass is 32.2. The van der Waals surface area contributed by atoms with Crippen LogP contribution in [-0.2, 0) is 14.4 Å². The Morgan fingerprint density at radius 3 is 2.56 bits per heavy atom. The Balaban J connectivity index is 1.16. The minimum atomic E-state index is -0.166. The number of amides is 3. The van der Waals surface area contributed by atoms with Gasteiger partial charge in [-0.3, -0.25) is 19.3 Å². The summed E-state index contributed by atoms with van der Waals surface area (Å²) >= 11 is 2.83. The van der Waals surface area contributed by atoms with Gasteiger partial charge in [-0.25, -0.2) is 4.98 Å². The average Bonchev–Trinajstić information content (AvgIpc) is 3.39. The number of ether oxygens (including phenoxy) is 1. The number of hydrogen-bond donors (Lipinski definition) is 1. The van der Waals surface area contributed by atoms with Crippen molar-refractivity contribution < 1.29 is 19.1 Å². The number of carbonyl (C=O) groups is 3. The van der Waals surface area contributed by atoms with E-state index < -0.39 is 0 Å². The summed E-state index contributed by atoms with van der Waals surface area (Å²) in [6.07, 6.45) is 3.62. The summed E-state index contributed by atoms with van der Waals surface area (Å²) in [5.41, 5.74) is 1.41. The lowest BCUT2D eigenvalue weighted by Gasteiger charge is -2.19. The molecule has 1 N–H and O–H groups in total. The first-order valence-corrected chi connectivity index (χ1v) is 13.3. The molecule has 7 nitrogen and oxygen atoms in total. The van der Waals surface area contributed by atoms with Gasteiger partial charge in [0, 0.05) is 0 Å². The van der Waals surface area contributed by atoms with Gasteiger partial charge in [-0.15, -0.1) is 11.3 Å². The van der Waals surface area contributed by atoms with E-state index >= 15 is 0 Å². The zero-order chi connectivity index (χ0) is 23.5. The van der Waals surface area contributed by atoms with Crippen LogP contribution in [0.1, 0.15) is 25.7 Å². The number of thioether (sulfide) groups is 1. The lowest BCUT2D eigenvalue weighted by molar-refractivity contribution is -0.122. The third kappa shape index (κ3) is 4.81. The van der Waals surface area contributed by atoms with Crippen molar-refractivity contribution in [1.29, 1.82) is 0 Å². The lowest BCUT2D eigenvalue weighted by atomic mass is 9.81. The topological polar surface area (TPSA) is 88.6 Å². The number of anilines is 1. The number of rotatable bonds is 8. The monoisotopic (exact) mass is 495 g/mol. The van der Waals surface area contributed by atoms with Crippen LogP contribution < -0.4 is 15.0 Å². The minimum absolute atomic E-state index is 0.0684. The highest BCUT2D eigenvalue weighted by molar-refractivity contribution is 8.01. The van der Waals surface area contributed by atoms with Crippen LogP contribution in [0.3, 0.4) is 0 Å². The zero-order valence-corrected chi connectivity index (χ0v) is 20.2. The van der Waals surface area contributed by atoms with E-state index in [1.54, 1.807) is 6.07 Å². The Bertz CT molecular complexity index is 1190. The molecule has 1 saturated carbocycles. The fourth-order valence-corrected chi connectivity index (χ4v) is 6.50. The fourth-order valence-electron chi connectivity index (χ4n) is 4.56. The molecule has 3 aromatic rings. The number of hydrogen-bond acceptors (Lipinski definition) is 7. The van der Waals surface area contributed by atoms with Crippen molar-refractivity contribution >= 4 is 56.7 Å². The van der Waals surface area contributed by atoms with Crippen LogP contribution in [0.5, 0.6) is 5.75 Å². The van der Waals surface area contributed by atoms with E-state index in [-0.39, 0.29) is 35.3 Å². The Hall–Kier alpha value is -2.91. The van der Waals surface area contributed by atoms with Gasteiger partial charge in [-0.1, -0.05) is 42.8 Å². The van der Waals surface area contributed by atoms with E-state index in [2.05, 4.69) is 10.3 Å². The number of benzene rings is 2. The number of para-hydroxylation sites is 1. The second-order valence-electron chi connectivity index (χ2n) is 8.44. The van der Waals surface area contributed by atoms with Gasteiger partial charge in [-0.05, 0) is 43.2 Å². The normalized spacial score (nSPS) is 19.9. The molecule has 0 radical (unpaired) electrons. The molecule has 2 aliphatic rings. The summed E-state index contributed by atoms with van der Waals surface area (Å²) in [7, 11) is 0. The Kier molecular flexibility index (Phi) is 6.82. The van der Waals surface area contributed by atoms with E-state index in [1.165, 1.54) is 28.0 Å². The molecule has 176 valence electrons. The maximum atomic E-state index is 12.9. The maximum absolute atomic E-state index is 12.9. The maximum Gasteiger partial charge on any atom is 0.237 e. The molecule has 1 saturated heterocycles. The van der Waals surface area contributed by atoms with Crippen LogP contribution in [0.4, 0.5) is 5.69 Å². The van der Waals surface area contributed by atoms with Crippen LogP contribution in [-0.4, -0.2) is 41.6 Å². The van der Waals surface area contributed by atoms with Crippen molar-refractivity contribution in [1.82, 2.24) is 10.3 Å². The molecule has 2 atom stereocenters. The smallest absolute Gasteiger partial charge is 0.237 e. The molecule has 2 aromatic carbocycles. The van der Waals surface area contributed by atoms with Crippen LogP contribution in [0.15, 0.2) is 52.9 Å². The SMILES string of the molecule is O=C(CSc1nc2ccc(N3C(=O)[C@H]4CCCC[C@@H]4C3=O)cc2s1)NCCOc1ccccc1. The molecule has 2 fully saturated rings. The van der Waals surface area contributed by atoms with Gasteiger partial charge in [0.15, 0.2) is 4.34 Å². The lowest BCUT2D eigenvalue weighted by Crippen LogP contribution is -2.30. The molecule has 1 aliphatic heterocycles. The number of nitrogens with zero attached hydrogens (tertiary/aromatic N) is 2. The molecule has 9 heteroatoms. The summed E-state index contributed by atoms with van der Waals surface area (Å²) in [5, 5.41) is 2.85. The summed E-state index contributed by atoms with van der Waals surface area (Å²) < 4.78 is 7.24. The second kappa shape index (κ2) is 10.1. The van der Waals surface area contributed by atoms with Crippen molar-refractivity contribution in [3.63, 3.8) is 0 Å². The Morgan fingerprint density at radius 2 is 1.82 bits per heavy atom. The number of imide groups is 1. The van der Waals surface area contributed by atoms with Crippen LogP contribution >= 0.6 is 23.1 Å². The molecule has 5 rings (SSSR count). The predicted octanol–water partition coefficient (Wildman–Crippen LogP) is 4.26. The highest BCUT2D eigenvalue weighted by Gasteiger charge is 2.48. The van der Waals surface area contributed by atoms with Crippen LogP contribution in [0, 0.1) is 11.8 Å². The molecule has 0 unspecified atom stereocenters. The van der Waals surface area contributed by atoms with Gasteiger partial charge in [-0.2, -0.15) is 0 Å². The Morgan fingerprint density at radius 1 is 1.09 bits per heavy atom. The van der Waals surface area contributed by atoms with E-state index in [9.17, 15) is 14.4 Å². The average molecular weight is 496 g/mol. The molecule has 34 heavy (non-hydrogen) atoms. The van der Waals surface area contributed by atoms with Crippen molar-refractivity contribution in [2.24, 2.45) is 11.8 Å². The largest absolute Gasteiger partial charge is 0.492 e. The van der Waals surface area contributed by atoms with E-state index in [4.69, 9.17) is 4.74 Å². The van der Waals surface area contributed by atoms with Gasteiger partial charge < -0.3 is 10.1 Å². The molecule has 2 heterocycles. The third-order valence-corrected chi connectivity index (χ3v) is 8.38. The Labute approximate surface area is 205 Å². The highest BCUT2D eigenvalue weighted by Crippen LogP contribution is 2.41. The minimum Gasteiger partial charge on any atom is -0.492 e. The third-order valence-electron chi connectivity index (χ3n) is 6.21. The predicted molar refractivity (Wildman–Crippen MR) is 133 cm³/mol. The van der Waals surface area contributed by atoms with Gasteiger partial charge >= 0.3 is 0 Å². The van der Waals surface area contributed by atoms with Crippen molar-refractivity contribution in [3.8, 4) is 5.75 Å². The fraction of sp³-hybridized carbons (Fsp3) is 0.360. The standard InChI is InChI=1S/C25H25N3O4S2/c29-22(26-12-13-32-17-6-2-1-3-7-17)15-33-25-27-20-11-10-16(14-21(20)34-25)28-23(30)18-8-4-5-9-19(18)24(28)31/h1-3,6-7,10-11,14,18-19H,4-5,8-9,12-13,15H2,(H,26,29)/t18-,19-/m0/s1. The van der Waals surface area contributed by atoms with Crippen LogP contribution in [0.25, 0.3) is 10.2 Å². The van der Waals surface area contributed by atoms with Gasteiger partial charge in [0.2, 0.25) is 17.7 Å². The number of nitrogens with one attached hydrogen (secondary N) is 1. The first kappa shape index (κ1) is 22.9. The summed E-state index contributed by atoms with van der Waals surface area (Å²) in [6, 6.07) is 15.0. The number of fused-ring (bicyclic) bond motifs is 2. The summed E-state index contributed by atoms with van der Waals surface area (Å²) in [4.78, 5) is 43.9. The summed E-state index contributed by atoms with van der Waals surface area (Å²) in [5.74, 6) is 0.475. The van der Waals surface area contributed by atoms with Crippen molar-refractivity contribution in [2.75, 3.05) is 23.8 Å². The van der Waals surface area contributed by atoms with Crippen molar-refractivity contribution in [3.05, 3.63) is 48.5 Å². The molecule has 0 spiro atoms. The molecule has 0 bridgehead atoms. The van der Waals surface area contributed by atoms with E-state index in [0.29, 0.717) is 18.8 Å². The van der Waals surface area contributed by atoms with E-state index in [1.807, 2.05) is 42.5 Å². The number of aromatic nitrogens is 1. The zero-order valence-electron chi connectivity index (χ0n) is 18.6. The molecular weight excluding hydrogens is 470 g/mol. The summed E-state index contributed by atoms with van der Waals surface area (Å²) in [6.45, 7) is 0.831.